The molecular formula is C17H21Cl2N7O2. The van der Waals surface area contributed by atoms with E-state index in [1.54, 1.807) is 19.1 Å². The van der Waals surface area contributed by atoms with Gasteiger partial charge in [0.25, 0.3) is 5.91 Å². The van der Waals surface area contributed by atoms with Crippen LogP contribution in [0.15, 0.2) is 23.3 Å². The number of H-pyrrole nitrogens is 1. The molecule has 28 heavy (non-hydrogen) atoms. The molecule has 2 aromatic rings. The van der Waals surface area contributed by atoms with Crippen molar-refractivity contribution in [2.75, 3.05) is 36.5 Å². The van der Waals surface area contributed by atoms with Crippen LogP contribution in [0.5, 0.6) is 0 Å². The van der Waals surface area contributed by atoms with E-state index in [0.717, 1.165) is 5.69 Å². The highest BCUT2D eigenvalue weighted by Gasteiger charge is 2.22. The summed E-state index contributed by atoms with van der Waals surface area (Å²) in [6.45, 7) is 4.26. The number of halogens is 2. The molecule has 11 heteroatoms. The summed E-state index contributed by atoms with van der Waals surface area (Å²) in [6, 6.07) is 5.35. The number of aromatic amines is 1. The van der Waals surface area contributed by atoms with E-state index in [9.17, 15) is 4.79 Å². The number of amides is 1. The molecule has 9 nitrogen and oxygen atoms in total. The number of anilines is 2. The molecule has 0 spiro atoms. The number of benzene rings is 1. The summed E-state index contributed by atoms with van der Waals surface area (Å²) in [7, 11) is 0. The Bertz CT molecular complexity index is 907. The quantitative estimate of drug-likeness (QED) is 0.219. The third-order valence-corrected chi connectivity index (χ3v) is 5.37. The average Bonchev–Trinajstić information content (AvgIpc) is 2.98. The van der Waals surface area contributed by atoms with Crippen molar-refractivity contribution in [1.82, 2.24) is 10.4 Å². The Balaban J connectivity index is 1.96. The Morgan fingerprint density at radius 3 is 2.57 bits per heavy atom. The molecule has 0 aliphatic carbocycles. The van der Waals surface area contributed by atoms with Gasteiger partial charge in [-0.3, -0.25) is 4.79 Å². The van der Waals surface area contributed by atoms with Crippen LogP contribution in [0.4, 0.5) is 11.4 Å². The number of aryl methyl sites for hydroxylation is 1. The van der Waals surface area contributed by atoms with Crippen molar-refractivity contribution in [3.8, 4) is 0 Å². The van der Waals surface area contributed by atoms with Crippen molar-refractivity contribution in [1.29, 1.82) is 0 Å². The van der Waals surface area contributed by atoms with Crippen LogP contribution in [0.2, 0.25) is 10.0 Å². The highest BCUT2D eigenvalue weighted by atomic mass is 35.5. The molecule has 7 N–H and O–H groups in total. The van der Waals surface area contributed by atoms with Crippen LogP contribution in [0.3, 0.4) is 0 Å². The lowest BCUT2D eigenvalue weighted by Gasteiger charge is -2.31. The Kier molecular flexibility index (Phi) is 6.30. The monoisotopic (exact) mass is 425 g/mol. The molecule has 0 saturated carbocycles. The number of hydrogen-bond donors (Lipinski definition) is 5. The van der Waals surface area contributed by atoms with Gasteiger partial charge in [0.15, 0.2) is 5.84 Å². The summed E-state index contributed by atoms with van der Waals surface area (Å²) in [6.07, 6.45) is 0. The van der Waals surface area contributed by atoms with Gasteiger partial charge in [-0.25, -0.2) is 5.84 Å². The first-order valence-corrected chi connectivity index (χ1v) is 9.28. The number of nitrogens with two attached hydrogens (primary N) is 2. The van der Waals surface area contributed by atoms with E-state index >= 15 is 0 Å². The Morgan fingerprint density at radius 1 is 1.29 bits per heavy atom. The molecule has 1 aliphatic heterocycles. The summed E-state index contributed by atoms with van der Waals surface area (Å²) in [4.78, 5) is 17.8. The number of morpholine rings is 1. The predicted octanol–water partition coefficient (Wildman–Crippen LogP) is 1.80. The van der Waals surface area contributed by atoms with Crippen molar-refractivity contribution in [2.45, 2.75) is 6.92 Å². The second-order valence-corrected chi connectivity index (χ2v) is 6.92. The van der Waals surface area contributed by atoms with E-state index in [1.807, 2.05) is 6.07 Å². The number of nitrogens with one attached hydrogen (secondary N) is 3. The standard InChI is InChI=1S/C17H21Cl2N7O2/c1-9-13(18)14(19)15(22-9)17(27)23-11-3-2-10(16(24-20)25-21)8-12(11)26-4-6-28-7-5-26/h2-3,8,22H,4-7,20-21H2,1H3,(H,23,27)(H,24,25). The van der Waals surface area contributed by atoms with E-state index in [4.69, 9.17) is 39.6 Å². The third-order valence-electron chi connectivity index (χ3n) is 4.42. The molecule has 0 unspecified atom stereocenters. The minimum Gasteiger partial charge on any atom is -0.378 e. The molecule has 1 fully saturated rings. The second-order valence-electron chi connectivity index (χ2n) is 6.16. The molecule has 1 aromatic heterocycles. The number of ether oxygens (including phenoxy) is 1. The van der Waals surface area contributed by atoms with Gasteiger partial charge >= 0.3 is 0 Å². The number of aromatic nitrogens is 1. The molecule has 2 heterocycles. The number of nitrogens with zero attached hydrogens (tertiary/aromatic N) is 2. The number of rotatable bonds is 4. The van der Waals surface area contributed by atoms with E-state index < -0.39 is 5.91 Å². The molecular weight excluding hydrogens is 405 g/mol. The van der Waals surface area contributed by atoms with Gasteiger partial charge in [-0.15, -0.1) is 0 Å². The Labute approximate surface area is 172 Å². The van der Waals surface area contributed by atoms with Crippen molar-refractivity contribution in [3.05, 3.63) is 45.2 Å². The predicted molar refractivity (Wildman–Crippen MR) is 111 cm³/mol. The molecule has 1 aromatic carbocycles. The van der Waals surface area contributed by atoms with Crippen LogP contribution in [-0.4, -0.2) is 43.0 Å². The minimum absolute atomic E-state index is 0.186. The van der Waals surface area contributed by atoms with Crippen LogP contribution < -0.4 is 27.3 Å². The molecule has 1 aliphatic rings. The van der Waals surface area contributed by atoms with Crippen LogP contribution in [0, 0.1) is 6.92 Å². The first kappa shape index (κ1) is 20.3. The van der Waals surface area contributed by atoms with E-state index in [-0.39, 0.29) is 10.7 Å². The van der Waals surface area contributed by atoms with Crippen molar-refractivity contribution < 1.29 is 9.53 Å². The fraction of sp³-hybridized carbons (Fsp3) is 0.294. The summed E-state index contributed by atoms with van der Waals surface area (Å²) >= 11 is 12.2. The van der Waals surface area contributed by atoms with Crippen LogP contribution in [0.25, 0.3) is 0 Å². The fourth-order valence-corrected chi connectivity index (χ4v) is 3.38. The van der Waals surface area contributed by atoms with Crippen molar-refractivity contribution >= 4 is 46.3 Å². The highest BCUT2D eigenvalue weighted by Crippen LogP contribution is 2.32. The van der Waals surface area contributed by atoms with Crippen molar-refractivity contribution in [2.24, 2.45) is 16.8 Å². The molecule has 150 valence electrons. The van der Waals surface area contributed by atoms with Crippen molar-refractivity contribution in [3.63, 3.8) is 0 Å². The molecule has 0 bridgehead atoms. The maximum Gasteiger partial charge on any atom is 0.273 e. The Morgan fingerprint density at radius 2 is 2.00 bits per heavy atom. The second kappa shape index (κ2) is 8.70. The largest absolute Gasteiger partial charge is 0.378 e. The lowest BCUT2D eigenvalue weighted by molar-refractivity contribution is 0.102. The summed E-state index contributed by atoms with van der Waals surface area (Å²) in [5, 5.41) is 7.04. The smallest absolute Gasteiger partial charge is 0.273 e. The number of carbonyl (C=O) groups excluding carboxylic acids is 1. The van der Waals surface area contributed by atoms with Gasteiger partial charge in [0.05, 0.1) is 34.6 Å². The van der Waals surface area contributed by atoms with Gasteiger partial charge in [0.1, 0.15) is 5.69 Å². The van der Waals surface area contributed by atoms with E-state index in [2.05, 4.69) is 25.7 Å². The fourth-order valence-electron chi connectivity index (χ4n) is 2.96. The zero-order valence-corrected chi connectivity index (χ0v) is 16.7. The number of hydrazone groups is 1. The maximum atomic E-state index is 12.8. The van der Waals surface area contributed by atoms with E-state index in [0.29, 0.717) is 54.1 Å². The van der Waals surface area contributed by atoms with E-state index in [1.165, 1.54) is 0 Å². The first-order valence-electron chi connectivity index (χ1n) is 8.52. The lowest BCUT2D eigenvalue weighted by atomic mass is 10.1. The normalized spacial score (nSPS) is 14.9. The maximum absolute atomic E-state index is 12.8. The summed E-state index contributed by atoms with van der Waals surface area (Å²) < 4.78 is 5.42. The first-order chi connectivity index (χ1) is 13.5. The number of amidine groups is 1. The van der Waals surface area contributed by atoms with Gasteiger partial charge in [-0.05, 0) is 25.1 Å². The molecule has 3 rings (SSSR count). The SMILES string of the molecule is Cc1[nH]c(C(=O)Nc2ccc(/C(=N/N)NN)cc2N2CCOCC2)c(Cl)c1Cl. The number of hydrogen-bond acceptors (Lipinski definition) is 6. The summed E-state index contributed by atoms with van der Waals surface area (Å²) in [5.41, 5.74) is 5.35. The molecule has 0 atom stereocenters. The Hall–Kier alpha value is -2.46. The molecule has 1 saturated heterocycles. The van der Waals surface area contributed by atoms with Gasteiger partial charge in [0.2, 0.25) is 0 Å². The van der Waals surface area contributed by atoms with Gasteiger partial charge in [-0.2, -0.15) is 5.10 Å². The number of carbonyl (C=O) groups is 1. The molecule has 1 amide bonds. The van der Waals surface area contributed by atoms with Crippen LogP contribution >= 0.6 is 23.2 Å². The minimum atomic E-state index is -0.396. The highest BCUT2D eigenvalue weighted by molar-refractivity contribution is 6.44. The topological polar surface area (TPSA) is 134 Å². The van der Waals surface area contributed by atoms with Gasteiger partial charge in [-0.1, -0.05) is 23.2 Å². The van der Waals surface area contributed by atoms with Crippen LogP contribution in [0.1, 0.15) is 21.7 Å². The molecule has 0 radical (unpaired) electrons. The van der Waals surface area contributed by atoms with Gasteiger partial charge < -0.3 is 31.2 Å². The van der Waals surface area contributed by atoms with Gasteiger partial charge in [0, 0.05) is 24.3 Å². The zero-order valence-electron chi connectivity index (χ0n) is 15.2. The van der Waals surface area contributed by atoms with Crippen LogP contribution in [-0.2, 0) is 4.74 Å². The summed E-state index contributed by atoms with van der Waals surface area (Å²) in [5.74, 6) is 10.8. The number of hydrazine groups is 1. The lowest BCUT2D eigenvalue weighted by Crippen LogP contribution is -2.37. The zero-order chi connectivity index (χ0) is 20.3. The average molecular weight is 426 g/mol. The third kappa shape index (κ3) is 4.02.